The van der Waals surface area contributed by atoms with Gasteiger partial charge in [0.2, 0.25) is 0 Å². The molecule has 1 amide bonds. The van der Waals surface area contributed by atoms with E-state index < -0.39 is 5.54 Å². The average molecular weight is 327 g/mol. The minimum Gasteiger partial charge on any atom is -0.381 e. The normalized spacial score (nSPS) is 16.5. The Bertz CT molecular complexity index is 668. The quantitative estimate of drug-likeness (QED) is 0.910. The predicted octanol–water partition coefficient (Wildman–Crippen LogP) is 2.06. The Morgan fingerprint density at radius 2 is 1.88 bits per heavy atom. The van der Waals surface area contributed by atoms with E-state index in [1.807, 2.05) is 24.3 Å². The number of carbonyl (C=O) groups excluding carboxylic acids is 1. The lowest BCUT2D eigenvalue weighted by atomic mass is 9.88. The first-order valence-electron chi connectivity index (χ1n) is 7.99. The van der Waals surface area contributed by atoms with E-state index in [1.165, 1.54) is 0 Å². The number of ether oxygens (including phenoxy) is 2. The molecule has 1 saturated heterocycles. The highest BCUT2D eigenvalue weighted by Gasteiger charge is 2.38. The fraction of sp³-hybridized carbons (Fsp3) is 0.389. The highest BCUT2D eigenvalue weighted by Crippen LogP contribution is 2.30. The Hall–Kier alpha value is -2.31. The van der Waals surface area contributed by atoms with E-state index in [2.05, 4.69) is 15.3 Å². The van der Waals surface area contributed by atoms with E-state index in [0.717, 1.165) is 5.56 Å². The number of benzene rings is 1. The molecule has 1 N–H and O–H groups in total. The molecule has 0 saturated carbocycles. The maximum absolute atomic E-state index is 12.7. The first kappa shape index (κ1) is 16.5. The van der Waals surface area contributed by atoms with Gasteiger partial charge in [-0.05, 0) is 23.8 Å². The third-order valence-electron chi connectivity index (χ3n) is 4.22. The van der Waals surface area contributed by atoms with Crippen LogP contribution in [0, 0.1) is 0 Å². The van der Waals surface area contributed by atoms with E-state index in [-0.39, 0.29) is 5.91 Å². The zero-order valence-corrected chi connectivity index (χ0v) is 13.7. The van der Waals surface area contributed by atoms with Crippen LogP contribution in [0.5, 0.6) is 0 Å². The summed E-state index contributed by atoms with van der Waals surface area (Å²) in [6, 6.07) is 9.18. The number of hydrogen-bond donors (Lipinski definition) is 1. The van der Waals surface area contributed by atoms with Gasteiger partial charge in [-0.15, -0.1) is 0 Å². The van der Waals surface area contributed by atoms with Crippen molar-refractivity contribution in [2.75, 3.05) is 20.3 Å². The van der Waals surface area contributed by atoms with Crippen LogP contribution in [0.15, 0.2) is 42.7 Å². The molecule has 0 spiro atoms. The molecule has 1 fully saturated rings. The van der Waals surface area contributed by atoms with E-state index >= 15 is 0 Å². The number of carbonyl (C=O) groups is 1. The van der Waals surface area contributed by atoms with Crippen molar-refractivity contribution in [3.8, 4) is 0 Å². The SMILES string of the molecule is COCc1ccc(C(=O)NC2(c3ncccn3)CCOCC2)cc1. The molecule has 1 aromatic heterocycles. The van der Waals surface area contributed by atoms with Crippen LogP contribution in [0.2, 0.25) is 0 Å². The van der Waals surface area contributed by atoms with Crippen LogP contribution in [0.1, 0.15) is 34.6 Å². The van der Waals surface area contributed by atoms with Crippen LogP contribution in [0.3, 0.4) is 0 Å². The molecule has 0 atom stereocenters. The van der Waals surface area contributed by atoms with Crippen LogP contribution in [-0.4, -0.2) is 36.2 Å². The Kier molecular flexibility index (Phi) is 5.17. The van der Waals surface area contributed by atoms with Gasteiger partial charge in [-0.3, -0.25) is 4.79 Å². The van der Waals surface area contributed by atoms with Gasteiger partial charge in [0.1, 0.15) is 5.54 Å². The van der Waals surface area contributed by atoms with E-state index in [9.17, 15) is 4.79 Å². The predicted molar refractivity (Wildman–Crippen MR) is 88.4 cm³/mol. The topological polar surface area (TPSA) is 73.3 Å². The molecule has 24 heavy (non-hydrogen) atoms. The number of nitrogens with one attached hydrogen (secondary N) is 1. The van der Waals surface area contributed by atoms with Gasteiger partial charge in [-0.25, -0.2) is 9.97 Å². The average Bonchev–Trinajstić information content (AvgIpc) is 2.64. The zero-order valence-electron chi connectivity index (χ0n) is 13.7. The van der Waals surface area contributed by atoms with Gasteiger partial charge in [0.25, 0.3) is 5.91 Å². The molecule has 0 bridgehead atoms. The summed E-state index contributed by atoms with van der Waals surface area (Å²) >= 11 is 0. The summed E-state index contributed by atoms with van der Waals surface area (Å²) in [5, 5.41) is 3.14. The van der Waals surface area contributed by atoms with Crippen molar-refractivity contribution >= 4 is 5.91 Å². The van der Waals surface area contributed by atoms with Crippen molar-refractivity contribution < 1.29 is 14.3 Å². The molecule has 3 rings (SSSR count). The van der Waals surface area contributed by atoms with E-state index in [1.54, 1.807) is 25.6 Å². The molecule has 1 aliphatic heterocycles. The highest BCUT2D eigenvalue weighted by molar-refractivity contribution is 5.94. The monoisotopic (exact) mass is 327 g/mol. The molecule has 6 heteroatoms. The van der Waals surface area contributed by atoms with Gasteiger partial charge in [-0.2, -0.15) is 0 Å². The number of nitrogens with zero attached hydrogens (tertiary/aromatic N) is 2. The Morgan fingerprint density at radius 1 is 1.21 bits per heavy atom. The van der Waals surface area contributed by atoms with Crippen LogP contribution < -0.4 is 5.32 Å². The summed E-state index contributed by atoms with van der Waals surface area (Å²) in [4.78, 5) is 21.4. The van der Waals surface area contributed by atoms with Crippen molar-refractivity contribution in [3.05, 3.63) is 59.7 Å². The minimum absolute atomic E-state index is 0.131. The number of rotatable bonds is 5. The Balaban J connectivity index is 1.81. The van der Waals surface area contributed by atoms with Gasteiger partial charge in [0, 0.05) is 51.1 Å². The van der Waals surface area contributed by atoms with Crippen molar-refractivity contribution in [2.45, 2.75) is 25.0 Å². The van der Waals surface area contributed by atoms with Crippen LogP contribution in [-0.2, 0) is 21.6 Å². The lowest BCUT2D eigenvalue weighted by Gasteiger charge is -2.36. The molecule has 1 aromatic carbocycles. The van der Waals surface area contributed by atoms with Crippen molar-refractivity contribution in [2.24, 2.45) is 0 Å². The van der Waals surface area contributed by atoms with Gasteiger partial charge < -0.3 is 14.8 Å². The van der Waals surface area contributed by atoms with Gasteiger partial charge >= 0.3 is 0 Å². The Morgan fingerprint density at radius 3 is 2.50 bits per heavy atom. The maximum atomic E-state index is 12.7. The molecule has 6 nitrogen and oxygen atoms in total. The lowest BCUT2D eigenvalue weighted by molar-refractivity contribution is 0.0313. The molecule has 0 unspecified atom stereocenters. The van der Waals surface area contributed by atoms with Crippen LogP contribution in [0.4, 0.5) is 0 Å². The third kappa shape index (κ3) is 3.60. The third-order valence-corrected chi connectivity index (χ3v) is 4.22. The molecule has 0 radical (unpaired) electrons. The van der Waals surface area contributed by atoms with Crippen molar-refractivity contribution in [1.29, 1.82) is 0 Å². The minimum atomic E-state index is -0.582. The van der Waals surface area contributed by atoms with Gasteiger partial charge in [-0.1, -0.05) is 12.1 Å². The fourth-order valence-corrected chi connectivity index (χ4v) is 2.88. The number of aromatic nitrogens is 2. The Labute approximate surface area is 141 Å². The van der Waals surface area contributed by atoms with Crippen LogP contribution >= 0.6 is 0 Å². The summed E-state index contributed by atoms with van der Waals surface area (Å²) < 4.78 is 10.5. The first-order valence-corrected chi connectivity index (χ1v) is 7.99. The summed E-state index contributed by atoms with van der Waals surface area (Å²) in [7, 11) is 1.65. The standard InChI is InChI=1S/C18H21N3O3/c1-23-13-14-3-5-15(6-4-14)16(22)21-18(7-11-24-12-8-18)17-19-9-2-10-20-17/h2-6,9-10H,7-8,11-13H2,1H3,(H,21,22). The zero-order chi connectivity index (χ0) is 16.8. The van der Waals surface area contributed by atoms with Gasteiger partial charge in [0.05, 0.1) is 6.61 Å². The second-order valence-electron chi connectivity index (χ2n) is 5.85. The summed E-state index contributed by atoms with van der Waals surface area (Å²) in [5.74, 6) is 0.506. The number of methoxy groups -OCH3 is 1. The van der Waals surface area contributed by atoms with E-state index in [4.69, 9.17) is 9.47 Å². The summed E-state index contributed by atoms with van der Waals surface area (Å²) in [6.45, 7) is 1.68. The molecular formula is C18H21N3O3. The first-order chi connectivity index (χ1) is 11.7. The lowest BCUT2D eigenvalue weighted by Crippen LogP contribution is -2.50. The molecule has 0 aliphatic carbocycles. The molecule has 2 aromatic rings. The second kappa shape index (κ2) is 7.51. The molecule has 1 aliphatic rings. The maximum Gasteiger partial charge on any atom is 0.252 e. The smallest absolute Gasteiger partial charge is 0.252 e. The summed E-state index contributed by atoms with van der Waals surface area (Å²) in [6.07, 6.45) is 4.71. The second-order valence-corrected chi connectivity index (χ2v) is 5.85. The number of amides is 1. The summed E-state index contributed by atoms with van der Waals surface area (Å²) in [5.41, 5.74) is 1.06. The number of hydrogen-bond acceptors (Lipinski definition) is 5. The fourth-order valence-electron chi connectivity index (χ4n) is 2.88. The van der Waals surface area contributed by atoms with Gasteiger partial charge in [0.15, 0.2) is 5.82 Å². The van der Waals surface area contributed by atoms with Crippen LogP contribution in [0.25, 0.3) is 0 Å². The molecule has 2 heterocycles. The highest BCUT2D eigenvalue weighted by atomic mass is 16.5. The van der Waals surface area contributed by atoms with Crippen molar-refractivity contribution in [3.63, 3.8) is 0 Å². The van der Waals surface area contributed by atoms with Crippen molar-refractivity contribution in [1.82, 2.24) is 15.3 Å². The molecular weight excluding hydrogens is 306 g/mol. The largest absolute Gasteiger partial charge is 0.381 e. The molecule has 126 valence electrons. The van der Waals surface area contributed by atoms with E-state index in [0.29, 0.717) is 44.1 Å².